The van der Waals surface area contributed by atoms with Crippen LogP contribution >= 0.6 is 15.9 Å². The first-order chi connectivity index (χ1) is 9.58. The maximum atomic E-state index is 11.9. The molecule has 1 aromatic heterocycles. The lowest BCUT2D eigenvalue weighted by Gasteiger charge is -2.21. The van der Waals surface area contributed by atoms with Gasteiger partial charge in [0.15, 0.2) is 0 Å². The number of halogens is 1. The number of nitrogens with one attached hydrogen (secondary N) is 2. The molecule has 0 aliphatic rings. The van der Waals surface area contributed by atoms with E-state index in [1.54, 1.807) is 27.0 Å². The minimum Gasteiger partial charge on any atom is -0.480 e. The third-order valence-corrected chi connectivity index (χ3v) is 2.74. The van der Waals surface area contributed by atoms with Crippen molar-refractivity contribution < 1.29 is 24.2 Å². The van der Waals surface area contributed by atoms with Crippen molar-refractivity contribution in [2.45, 2.75) is 38.8 Å². The van der Waals surface area contributed by atoms with E-state index >= 15 is 0 Å². The molecule has 0 aromatic carbocycles. The molecular weight excluding hydrogens is 344 g/mol. The Morgan fingerprint density at radius 1 is 1.43 bits per heavy atom. The van der Waals surface area contributed by atoms with Crippen LogP contribution in [0.3, 0.4) is 0 Å². The number of carboxylic acids is 1. The third-order valence-electron chi connectivity index (χ3n) is 2.29. The van der Waals surface area contributed by atoms with Crippen LogP contribution in [0.4, 0.5) is 0 Å². The van der Waals surface area contributed by atoms with Crippen LogP contribution < -0.4 is 5.32 Å². The molecule has 0 aliphatic heterocycles. The molecular formula is C13H17BrN2O5. The minimum atomic E-state index is -1.35. The molecule has 1 heterocycles. The molecule has 1 aromatic rings. The highest BCUT2D eigenvalue weighted by Gasteiger charge is 2.27. The summed E-state index contributed by atoms with van der Waals surface area (Å²) in [6.07, 6.45) is 1.10. The van der Waals surface area contributed by atoms with E-state index < -0.39 is 35.9 Å². The molecule has 0 spiro atoms. The van der Waals surface area contributed by atoms with Gasteiger partial charge in [-0.2, -0.15) is 0 Å². The summed E-state index contributed by atoms with van der Waals surface area (Å²) in [5.74, 6) is -2.61. The number of carbonyl (C=O) groups excluding carboxylic acids is 2. The van der Waals surface area contributed by atoms with Crippen LogP contribution in [0.25, 0.3) is 0 Å². The summed E-state index contributed by atoms with van der Waals surface area (Å²) in [4.78, 5) is 37.3. The lowest BCUT2D eigenvalue weighted by molar-refractivity contribution is -0.158. The highest BCUT2D eigenvalue weighted by molar-refractivity contribution is 9.10. The second-order valence-corrected chi connectivity index (χ2v) is 6.30. The number of ether oxygens (including phenoxy) is 1. The van der Waals surface area contributed by atoms with E-state index in [0.717, 1.165) is 0 Å². The van der Waals surface area contributed by atoms with Gasteiger partial charge in [0.25, 0.3) is 5.91 Å². The zero-order valence-corrected chi connectivity index (χ0v) is 13.5. The van der Waals surface area contributed by atoms with Gasteiger partial charge in [0.2, 0.25) is 0 Å². The lowest BCUT2D eigenvalue weighted by atomic mass is 10.1. The molecule has 8 heteroatoms. The molecule has 1 rings (SSSR count). The Labute approximate surface area is 130 Å². The zero-order valence-electron chi connectivity index (χ0n) is 11.9. The Bertz CT molecular complexity index is 547. The fraction of sp³-hybridized carbons (Fsp3) is 0.462. The van der Waals surface area contributed by atoms with Gasteiger partial charge in [-0.05, 0) is 42.8 Å². The first kappa shape index (κ1) is 17.2. The van der Waals surface area contributed by atoms with Crippen LogP contribution in [-0.2, 0) is 14.3 Å². The van der Waals surface area contributed by atoms with Crippen molar-refractivity contribution >= 4 is 33.8 Å². The maximum absolute atomic E-state index is 11.9. The predicted molar refractivity (Wildman–Crippen MR) is 77.8 cm³/mol. The van der Waals surface area contributed by atoms with E-state index in [1.807, 2.05) is 0 Å². The quantitative estimate of drug-likeness (QED) is 0.692. The Hall–Kier alpha value is -1.83. The van der Waals surface area contributed by atoms with E-state index in [0.29, 0.717) is 4.47 Å². The molecule has 116 valence electrons. The smallest absolute Gasteiger partial charge is 0.326 e. The number of carboxylic acid groups (broad SMARTS) is 1. The molecule has 0 saturated heterocycles. The van der Waals surface area contributed by atoms with Gasteiger partial charge in [-0.25, -0.2) is 4.79 Å². The monoisotopic (exact) mass is 360 g/mol. The molecule has 0 aliphatic carbocycles. The number of aromatic amines is 1. The van der Waals surface area contributed by atoms with Crippen LogP contribution in [0.5, 0.6) is 0 Å². The molecule has 21 heavy (non-hydrogen) atoms. The van der Waals surface area contributed by atoms with Crippen LogP contribution in [0.15, 0.2) is 16.7 Å². The van der Waals surface area contributed by atoms with Gasteiger partial charge in [0.1, 0.15) is 17.3 Å². The fourth-order valence-corrected chi connectivity index (χ4v) is 1.83. The molecule has 0 saturated carbocycles. The summed E-state index contributed by atoms with van der Waals surface area (Å²) in [7, 11) is 0. The number of esters is 1. The first-order valence-corrected chi connectivity index (χ1v) is 6.97. The van der Waals surface area contributed by atoms with Crippen molar-refractivity contribution in [2.24, 2.45) is 0 Å². The van der Waals surface area contributed by atoms with Crippen LogP contribution in [0.2, 0.25) is 0 Å². The average molecular weight is 361 g/mol. The predicted octanol–water partition coefficient (Wildman–Crippen LogP) is 1.69. The Morgan fingerprint density at radius 2 is 2.05 bits per heavy atom. The molecule has 0 radical (unpaired) electrons. The molecule has 3 N–H and O–H groups in total. The maximum Gasteiger partial charge on any atom is 0.326 e. The van der Waals surface area contributed by atoms with Gasteiger partial charge in [-0.3, -0.25) is 9.59 Å². The standard InChI is InChI=1S/C13H17BrN2O5/c1-13(2,3)21-10(17)5-9(12(19)20)16-11(18)8-4-7(14)6-15-8/h4,6,9,15H,5H2,1-3H3,(H,16,18)(H,19,20)/t9-/m0/s1. The Morgan fingerprint density at radius 3 is 2.48 bits per heavy atom. The first-order valence-electron chi connectivity index (χ1n) is 6.18. The van der Waals surface area contributed by atoms with E-state index in [4.69, 9.17) is 9.84 Å². The van der Waals surface area contributed by atoms with Gasteiger partial charge in [-0.15, -0.1) is 0 Å². The molecule has 0 unspecified atom stereocenters. The summed E-state index contributed by atoms with van der Waals surface area (Å²) in [5.41, 5.74) is -0.522. The van der Waals surface area contributed by atoms with E-state index in [2.05, 4.69) is 26.2 Å². The summed E-state index contributed by atoms with van der Waals surface area (Å²) < 4.78 is 5.70. The third kappa shape index (κ3) is 5.99. The largest absolute Gasteiger partial charge is 0.480 e. The van der Waals surface area contributed by atoms with Crippen molar-refractivity contribution in [1.29, 1.82) is 0 Å². The molecule has 0 bridgehead atoms. The van der Waals surface area contributed by atoms with Gasteiger partial charge in [-0.1, -0.05) is 0 Å². The van der Waals surface area contributed by atoms with Crippen molar-refractivity contribution in [3.8, 4) is 0 Å². The molecule has 0 fully saturated rings. The summed E-state index contributed by atoms with van der Waals surface area (Å²) >= 11 is 3.17. The molecule has 1 amide bonds. The summed E-state index contributed by atoms with van der Waals surface area (Å²) in [5, 5.41) is 11.4. The normalized spacial score (nSPS) is 12.6. The zero-order chi connectivity index (χ0) is 16.2. The van der Waals surface area contributed by atoms with Crippen LogP contribution in [0, 0.1) is 0 Å². The van der Waals surface area contributed by atoms with Crippen LogP contribution in [0.1, 0.15) is 37.7 Å². The number of aliphatic carboxylic acids is 1. The highest BCUT2D eigenvalue weighted by atomic mass is 79.9. The van der Waals surface area contributed by atoms with Gasteiger partial charge in [0.05, 0.1) is 6.42 Å². The number of carbonyl (C=O) groups is 3. The SMILES string of the molecule is CC(C)(C)OC(=O)C[C@H](NC(=O)c1cc(Br)c[nH]1)C(=O)O. The van der Waals surface area contributed by atoms with Crippen LogP contribution in [-0.4, -0.2) is 39.6 Å². The molecule has 7 nitrogen and oxygen atoms in total. The Kier molecular flexibility index (Phi) is 5.54. The summed E-state index contributed by atoms with van der Waals surface area (Å²) in [6.45, 7) is 5.03. The van der Waals surface area contributed by atoms with Gasteiger partial charge >= 0.3 is 11.9 Å². The fourth-order valence-electron chi connectivity index (χ4n) is 1.48. The average Bonchev–Trinajstić information content (AvgIpc) is 2.72. The van der Waals surface area contributed by atoms with Gasteiger partial charge in [0, 0.05) is 10.7 Å². The van der Waals surface area contributed by atoms with E-state index in [1.165, 1.54) is 6.07 Å². The summed E-state index contributed by atoms with van der Waals surface area (Å²) in [6, 6.07) is 0.149. The molecule has 1 atom stereocenters. The van der Waals surface area contributed by atoms with Gasteiger partial charge < -0.3 is 20.1 Å². The number of hydrogen-bond donors (Lipinski definition) is 3. The number of H-pyrrole nitrogens is 1. The second-order valence-electron chi connectivity index (χ2n) is 5.39. The lowest BCUT2D eigenvalue weighted by Crippen LogP contribution is -2.43. The van der Waals surface area contributed by atoms with Crippen molar-refractivity contribution in [3.63, 3.8) is 0 Å². The van der Waals surface area contributed by atoms with Crippen molar-refractivity contribution in [1.82, 2.24) is 10.3 Å². The highest BCUT2D eigenvalue weighted by Crippen LogP contribution is 2.12. The van der Waals surface area contributed by atoms with E-state index in [9.17, 15) is 14.4 Å². The van der Waals surface area contributed by atoms with E-state index in [-0.39, 0.29) is 5.69 Å². The van der Waals surface area contributed by atoms with Crippen molar-refractivity contribution in [3.05, 3.63) is 22.4 Å². The number of amides is 1. The second kappa shape index (κ2) is 6.75. The number of rotatable bonds is 5. The number of hydrogen-bond acceptors (Lipinski definition) is 4. The van der Waals surface area contributed by atoms with Crippen molar-refractivity contribution in [2.75, 3.05) is 0 Å². The number of aromatic nitrogens is 1. The Balaban J connectivity index is 2.68. The minimum absolute atomic E-state index is 0.192. The topological polar surface area (TPSA) is 108 Å².